The van der Waals surface area contributed by atoms with Crippen LogP contribution in [0, 0.1) is 5.82 Å². The standard InChI is InChI=1S/C14H11BrClFN2O2/c1-21-14(20)9-5-8(18)6-11(16)13(9)19-12-3-2-7(17)4-10(12)15/h2-6,19H,18H2,1H3. The number of methoxy groups -OCH3 is 1. The quantitative estimate of drug-likeness (QED) is 0.620. The molecule has 0 fully saturated rings. The van der Waals surface area contributed by atoms with Crippen molar-refractivity contribution in [2.75, 3.05) is 18.2 Å². The Hall–Kier alpha value is -1.79. The van der Waals surface area contributed by atoms with E-state index in [-0.39, 0.29) is 16.4 Å². The number of esters is 1. The maximum Gasteiger partial charge on any atom is 0.340 e. The summed E-state index contributed by atoms with van der Waals surface area (Å²) in [5.41, 5.74) is 7.10. The number of nitrogen functional groups attached to an aromatic ring is 1. The maximum absolute atomic E-state index is 13.1. The number of ether oxygens (including phenoxy) is 1. The number of hydrogen-bond acceptors (Lipinski definition) is 4. The molecule has 0 unspecified atom stereocenters. The van der Waals surface area contributed by atoms with Gasteiger partial charge >= 0.3 is 5.97 Å². The predicted molar refractivity (Wildman–Crippen MR) is 84.6 cm³/mol. The molecule has 7 heteroatoms. The Balaban J connectivity index is 2.50. The van der Waals surface area contributed by atoms with E-state index < -0.39 is 5.97 Å². The molecule has 0 radical (unpaired) electrons. The molecule has 3 N–H and O–H groups in total. The topological polar surface area (TPSA) is 64.3 Å². The van der Waals surface area contributed by atoms with Crippen molar-refractivity contribution < 1.29 is 13.9 Å². The normalized spacial score (nSPS) is 10.3. The van der Waals surface area contributed by atoms with Crippen LogP contribution < -0.4 is 11.1 Å². The summed E-state index contributed by atoms with van der Waals surface area (Å²) in [4.78, 5) is 11.8. The highest BCUT2D eigenvalue weighted by Gasteiger charge is 2.17. The number of halogens is 3. The molecule has 0 spiro atoms. The number of rotatable bonds is 3. The van der Waals surface area contributed by atoms with E-state index in [1.54, 1.807) is 0 Å². The van der Waals surface area contributed by atoms with Crippen LogP contribution in [0.4, 0.5) is 21.5 Å². The lowest BCUT2D eigenvalue weighted by Crippen LogP contribution is -2.07. The van der Waals surface area contributed by atoms with Gasteiger partial charge in [0.25, 0.3) is 0 Å². The van der Waals surface area contributed by atoms with Crippen molar-refractivity contribution in [1.29, 1.82) is 0 Å². The number of carbonyl (C=O) groups excluding carboxylic acids is 1. The first-order valence-corrected chi connectivity index (χ1v) is 6.99. The van der Waals surface area contributed by atoms with Gasteiger partial charge in [-0.25, -0.2) is 9.18 Å². The van der Waals surface area contributed by atoms with E-state index in [4.69, 9.17) is 22.1 Å². The highest BCUT2D eigenvalue weighted by Crippen LogP contribution is 2.34. The second-order valence-electron chi connectivity index (χ2n) is 4.17. The van der Waals surface area contributed by atoms with Crippen molar-refractivity contribution in [3.63, 3.8) is 0 Å². The fourth-order valence-corrected chi connectivity index (χ4v) is 2.48. The van der Waals surface area contributed by atoms with E-state index in [0.29, 0.717) is 21.5 Å². The largest absolute Gasteiger partial charge is 0.465 e. The van der Waals surface area contributed by atoms with Gasteiger partial charge in [0.1, 0.15) is 5.82 Å². The third kappa shape index (κ3) is 3.46. The van der Waals surface area contributed by atoms with Gasteiger partial charge in [-0.15, -0.1) is 0 Å². The summed E-state index contributed by atoms with van der Waals surface area (Å²) < 4.78 is 18.3. The molecule has 2 aromatic carbocycles. The highest BCUT2D eigenvalue weighted by atomic mass is 79.9. The van der Waals surface area contributed by atoms with Gasteiger partial charge in [0.2, 0.25) is 0 Å². The van der Waals surface area contributed by atoms with E-state index >= 15 is 0 Å². The summed E-state index contributed by atoms with van der Waals surface area (Å²) in [5, 5.41) is 3.23. The molecule has 0 heterocycles. The first-order chi connectivity index (χ1) is 9.92. The number of carbonyl (C=O) groups is 1. The van der Waals surface area contributed by atoms with Crippen LogP contribution in [-0.2, 0) is 4.74 Å². The molecule has 0 bridgehead atoms. The fourth-order valence-electron chi connectivity index (χ4n) is 1.75. The summed E-state index contributed by atoms with van der Waals surface area (Å²) in [7, 11) is 1.26. The van der Waals surface area contributed by atoms with Crippen molar-refractivity contribution in [2.45, 2.75) is 0 Å². The first-order valence-electron chi connectivity index (χ1n) is 5.81. The molecule has 2 aromatic rings. The Bertz CT molecular complexity index is 710. The Kier molecular flexibility index (Phi) is 4.69. The average molecular weight is 374 g/mol. The Labute approximate surface area is 134 Å². The van der Waals surface area contributed by atoms with Gasteiger partial charge in [0.15, 0.2) is 0 Å². The first kappa shape index (κ1) is 15.6. The number of benzene rings is 2. The minimum absolute atomic E-state index is 0.193. The molecule has 0 amide bonds. The SMILES string of the molecule is COC(=O)c1cc(N)cc(Cl)c1Nc1ccc(F)cc1Br. The maximum atomic E-state index is 13.1. The lowest BCUT2D eigenvalue weighted by atomic mass is 10.1. The van der Waals surface area contributed by atoms with Crippen molar-refractivity contribution >= 4 is 50.6 Å². The monoisotopic (exact) mass is 372 g/mol. The van der Waals surface area contributed by atoms with Gasteiger partial charge in [-0.2, -0.15) is 0 Å². The van der Waals surface area contributed by atoms with E-state index in [9.17, 15) is 9.18 Å². The highest BCUT2D eigenvalue weighted by molar-refractivity contribution is 9.10. The molecule has 0 aliphatic carbocycles. The van der Waals surface area contributed by atoms with Crippen LogP contribution >= 0.6 is 27.5 Å². The molecule has 0 aliphatic rings. The molecule has 2 rings (SSSR count). The van der Waals surface area contributed by atoms with Crippen LogP contribution in [-0.4, -0.2) is 13.1 Å². The third-order valence-corrected chi connectivity index (χ3v) is 3.66. The molecular weight excluding hydrogens is 363 g/mol. The molecule has 0 aromatic heterocycles. The van der Waals surface area contributed by atoms with Gasteiger partial charge in [-0.05, 0) is 46.3 Å². The second kappa shape index (κ2) is 6.32. The predicted octanol–water partition coefficient (Wildman–Crippen LogP) is 4.35. The summed E-state index contributed by atoms with van der Waals surface area (Å²) in [6, 6.07) is 7.07. The number of nitrogens with two attached hydrogens (primary N) is 1. The molecule has 110 valence electrons. The zero-order chi connectivity index (χ0) is 15.6. The lowest BCUT2D eigenvalue weighted by Gasteiger charge is -2.14. The van der Waals surface area contributed by atoms with E-state index in [1.807, 2.05) is 0 Å². The Morgan fingerprint density at radius 3 is 2.71 bits per heavy atom. The van der Waals surface area contributed by atoms with Gasteiger partial charge in [-0.1, -0.05) is 11.6 Å². The van der Waals surface area contributed by atoms with Crippen molar-refractivity contribution in [2.24, 2.45) is 0 Å². The average Bonchev–Trinajstić information content (AvgIpc) is 2.42. The molecule has 0 saturated heterocycles. The van der Waals surface area contributed by atoms with Gasteiger partial charge in [0.05, 0.1) is 29.1 Å². The third-order valence-electron chi connectivity index (χ3n) is 2.71. The summed E-state index contributed by atoms with van der Waals surface area (Å²) in [6.45, 7) is 0. The Morgan fingerprint density at radius 2 is 2.10 bits per heavy atom. The summed E-state index contributed by atoms with van der Waals surface area (Å²) >= 11 is 9.37. The van der Waals surface area contributed by atoms with Crippen LogP contribution in [0.5, 0.6) is 0 Å². The fraction of sp³-hybridized carbons (Fsp3) is 0.0714. The number of hydrogen-bond donors (Lipinski definition) is 2. The van der Waals surface area contributed by atoms with Crippen LogP contribution in [0.1, 0.15) is 10.4 Å². The molecule has 4 nitrogen and oxygen atoms in total. The minimum Gasteiger partial charge on any atom is -0.465 e. The molecule has 21 heavy (non-hydrogen) atoms. The number of nitrogens with one attached hydrogen (secondary N) is 1. The van der Waals surface area contributed by atoms with E-state index in [1.165, 1.54) is 37.4 Å². The zero-order valence-corrected chi connectivity index (χ0v) is 13.3. The van der Waals surface area contributed by atoms with Crippen molar-refractivity contribution in [1.82, 2.24) is 0 Å². The van der Waals surface area contributed by atoms with Crippen LogP contribution in [0.3, 0.4) is 0 Å². The lowest BCUT2D eigenvalue weighted by molar-refractivity contribution is 0.0602. The molecule has 0 saturated carbocycles. The summed E-state index contributed by atoms with van der Waals surface area (Å²) in [6.07, 6.45) is 0. The Morgan fingerprint density at radius 1 is 1.38 bits per heavy atom. The second-order valence-corrected chi connectivity index (χ2v) is 5.43. The van der Waals surface area contributed by atoms with Crippen molar-refractivity contribution in [3.05, 3.63) is 51.2 Å². The minimum atomic E-state index is -0.579. The van der Waals surface area contributed by atoms with Crippen LogP contribution in [0.25, 0.3) is 0 Å². The molecular formula is C14H11BrClFN2O2. The zero-order valence-electron chi connectivity index (χ0n) is 10.9. The van der Waals surface area contributed by atoms with E-state index in [0.717, 1.165) is 0 Å². The molecule has 0 atom stereocenters. The van der Waals surface area contributed by atoms with Gasteiger partial charge in [0, 0.05) is 10.2 Å². The number of anilines is 3. The van der Waals surface area contributed by atoms with Gasteiger partial charge in [-0.3, -0.25) is 0 Å². The van der Waals surface area contributed by atoms with Crippen molar-refractivity contribution in [3.8, 4) is 0 Å². The summed E-state index contributed by atoms with van der Waals surface area (Å²) in [5.74, 6) is -0.964. The van der Waals surface area contributed by atoms with Crippen LogP contribution in [0.2, 0.25) is 5.02 Å². The molecule has 0 aliphatic heterocycles. The van der Waals surface area contributed by atoms with Gasteiger partial charge < -0.3 is 15.8 Å². The van der Waals surface area contributed by atoms with E-state index in [2.05, 4.69) is 21.2 Å². The van der Waals surface area contributed by atoms with Crippen LogP contribution in [0.15, 0.2) is 34.8 Å². The smallest absolute Gasteiger partial charge is 0.340 e.